The van der Waals surface area contributed by atoms with Crippen molar-refractivity contribution in [3.63, 3.8) is 0 Å². The van der Waals surface area contributed by atoms with E-state index >= 15 is 0 Å². The quantitative estimate of drug-likeness (QED) is 0.447. The summed E-state index contributed by atoms with van der Waals surface area (Å²) in [5.74, 6) is 0.253. The topological polar surface area (TPSA) is 53.5 Å². The molecule has 0 aromatic heterocycles. The average molecular weight is 466 g/mol. The Balaban J connectivity index is 1.40. The van der Waals surface area contributed by atoms with E-state index in [9.17, 15) is 4.79 Å². The van der Waals surface area contributed by atoms with Crippen LogP contribution in [0.15, 0.2) is 113 Å². The van der Waals surface area contributed by atoms with Crippen molar-refractivity contribution in [2.75, 3.05) is 11.1 Å². The third-order valence-electron chi connectivity index (χ3n) is 6.00. The number of anilines is 1. The highest BCUT2D eigenvalue weighted by molar-refractivity contribution is 8.14. The second-order valence-electron chi connectivity index (χ2n) is 8.41. The molecule has 0 saturated carbocycles. The number of thioether (sulfide) groups is 1. The molecule has 4 nitrogen and oxygen atoms in total. The number of benzene rings is 3. The molecule has 1 atom stereocenters. The Bertz CT molecular complexity index is 1230. The molecule has 1 heterocycles. The lowest BCUT2D eigenvalue weighted by Crippen LogP contribution is -2.32. The molecule has 2 N–H and O–H groups in total. The van der Waals surface area contributed by atoms with E-state index in [4.69, 9.17) is 4.99 Å². The Labute approximate surface area is 204 Å². The van der Waals surface area contributed by atoms with Crippen molar-refractivity contribution >= 4 is 34.6 Å². The lowest BCUT2D eigenvalue weighted by Gasteiger charge is -2.33. The fraction of sp³-hybridized carbons (Fsp3) is 0.172. The molecule has 0 fully saturated rings. The van der Waals surface area contributed by atoms with Crippen LogP contribution in [-0.4, -0.2) is 16.8 Å². The molecule has 5 heteroatoms. The molecule has 1 aliphatic carbocycles. The maximum atomic E-state index is 12.6. The highest BCUT2D eigenvalue weighted by Gasteiger charge is 2.30. The van der Waals surface area contributed by atoms with Crippen LogP contribution in [0.25, 0.3) is 6.08 Å². The maximum absolute atomic E-state index is 12.6. The standard InChI is InChI=1S/C29H27N3OS/c33-26(30-24-16-8-3-9-17-24)20-34-29-31-27(22-13-6-2-7-14-22)25-18-10-15-23(28(25)32-29)19-21-11-4-1-5-12-21/h1-9,11-14,16-17,19,27H,10,15,18,20H2,(H,30,33)(H,31,32)/b23-19+. The lowest BCUT2D eigenvalue weighted by molar-refractivity contribution is -0.113. The Morgan fingerprint density at radius 1 is 0.941 bits per heavy atom. The highest BCUT2D eigenvalue weighted by atomic mass is 32.2. The molecule has 0 spiro atoms. The Hall–Kier alpha value is -3.57. The fourth-order valence-corrected chi connectivity index (χ4v) is 5.12. The molecule has 0 saturated heterocycles. The summed E-state index contributed by atoms with van der Waals surface area (Å²) in [5.41, 5.74) is 6.99. The molecular weight excluding hydrogens is 438 g/mol. The van der Waals surface area contributed by atoms with Crippen molar-refractivity contribution in [2.24, 2.45) is 4.99 Å². The van der Waals surface area contributed by atoms with Gasteiger partial charge < -0.3 is 10.6 Å². The van der Waals surface area contributed by atoms with E-state index in [1.165, 1.54) is 39.7 Å². The van der Waals surface area contributed by atoms with Crippen LogP contribution < -0.4 is 10.6 Å². The van der Waals surface area contributed by atoms with Gasteiger partial charge in [-0.15, -0.1) is 0 Å². The largest absolute Gasteiger partial charge is 0.335 e. The highest BCUT2D eigenvalue weighted by Crippen LogP contribution is 2.41. The summed E-state index contributed by atoms with van der Waals surface area (Å²) >= 11 is 1.45. The van der Waals surface area contributed by atoms with Gasteiger partial charge in [-0.25, -0.2) is 4.99 Å². The number of allylic oxidation sites excluding steroid dienone is 1. The molecule has 3 aromatic rings. The van der Waals surface area contributed by atoms with Gasteiger partial charge in [-0.3, -0.25) is 4.79 Å². The monoisotopic (exact) mass is 465 g/mol. The summed E-state index contributed by atoms with van der Waals surface area (Å²) in [7, 11) is 0. The van der Waals surface area contributed by atoms with Crippen LogP contribution in [0.1, 0.15) is 36.4 Å². The van der Waals surface area contributed by atoms with Gasteiger partial charge in [0, 0.05) is 11.4 Å². The van der Waals surface area contributed by atoms with Gasteiger partial charge in [0.15, 0.2) is 5.17 Å². The minimum absolute atomic E-state index is 0.0309. The van der Waals surface area contributed by atoms with Crippen LogP contribution in [0, 0.1) is 0 Å². The van der Waals surface area contributed by atoms with E-state index in [2.05, 4.69) is 65.2 Å². The zero-order valence-electron chi connectivity index (χ0n) is 18.9. The summed E-state index contributed by atoms with van der Waals surface area (Å²) in [5, 5.41) is 7.33. The van der Waals surface area contributed by atoms with E-state index in [1.807, 2.05) is 42.5 Å². The number of hydrogen-bond donors (Lipinski definition) is 2. The molecule has 34 heavy (non-hydrogen) atoms. The first-order valence-electron chi connectivity index (χ1n) is 11.6. The number of amidine groups is 1. The molecule has 0 bridgehead atoms. The summed E-state index contributed by atoms with van der Waals surface area (Å²) in [6, 6.07) is 30.4. The number of carbonyl (C=O) groups excluding carboxylic acids is 1. The number of nitrogens with zero attached hydrogens (tertiary/aromatic N) is 1. The van der Waals surface area contributed by atoms with Crippen LogP contribution in [0.5, 0.6) is 0 Å². The van der Waals surface area contributed by atoms with E-state index in [0.717, 1.165) is 30.1 Å². The van der Waals surface area contributed by atoms with Gasteiger partial charge in [-0.2, -0.15) is 0 Å². The molecule has 3 aromatic carbocycles. The predicted octanol–water partition coefficient (Wildman–Crippen LogP) is 6.58. The smallest absolute Gasteiger partial charge is 0.234 e. The van der Waals surface area contributed by atoms with Gasteiger partial charge >= 0.3 is 0 Å². The summed E-state index contributed by atoms with van der Waals surface area (Å²) in [4.78, 5) is 17.6. The normalized spacial score (nSPS) is 18.6. The van der Waals surface area contributed by atoms with Crippen LogP contribution in [0.4, 0.5) is 5.69 Å². The number of nitrogens with one attached hydrogen (secondary N) is 2. The van der Waals surface area contributed by atoms with Crippen LogP contribution in [-0.2, 0) is 4.79 Å². The van der Waals surface area contributed by atoms with Crippen molar-refractivity contribution in [1.29, 1.82) is 0 Å². The summed E-state index contributed by atoms with van der Waals surface area (Å²) in [6.07, 6.45) is 5.43. The van der Waals surface area contributed by atoms with Crippen molar-refractivity contribution in [3.05, 3.63) is 119 Å². The Kier molecular flexibility index (Phi) is 6.91. The zero-order valence-corrected chi connectivity index (χ0v) is 19.7. The molecule has 1 amide bonds. The molecule has 2 aliphatic rings. The van der Waals surface area contributed by atoms with Gasteiger partial charge in [0.05, 0.1) is 5.75 Å². The number of rotatable bonds is 5. The maximum Gasteiger partial charge on any atom is 0.234 e. The molecule has 1 unspecified atom stereocenters. The SMILES string of the molecule is O=C(CSC1=NC(c2ccccc2)C2=C(N1)/C(=C/c1ccccc1)CCC2)Nc1ccccc1. The third kappa shape index (κ3) is 5.32. The van der Waals surface area contributed by atoms with Crippen LogP contribution >= 0.6 is 11.8 Å². The van der Waals surface area contributed by atoms with E-state index < -0.39 is 0 Å². The van der Waals surface area contributed by atoms with Crippen molar-refractivity contribution in [1.82, 2.24) is 5.32 Å². The molecule has 1 aliphatic heterocycles. The van der Waals surface area contributed by atoms with Gasteiger partial charge in [0.1, 0.15) is 6.04 Å². The second kappa shape index (κ2) is 10.6. The van der Waals surface area contributed by atoms with E-state index in [0.29, 0.717) is 5.75 Å². The minimum Gasteiger partial charge on any atom is -0.335 e. The van der Waals surface area contributed by atoms with Crippen molar-refractivity contribution < 1.29 is 4.79 Å². The fourth-order valence-electron chi connectivity index (χ4n) is 4.43. The van der Waals surface area contributed by atoms with E-state index in [-0.39, 0.29) is 11.9 Å². The molecule has 170 valence electrons. The van der Waals surface area contributed by atoms with Crippen LogP contribution in [0.2, 0.25) is 0 Å². The zero-order chi connectivity index (χ0) is 23.2. The Morgan fingerprint density at radius 2 is 1.62 bits per heavy atom. The number of hydrogen-bond acceptors (Lipinski definition) is 4. The van der Waals surface area contributed by atoms with Gasteiger partial charge in [0.2, 0.25) is 5.91 Å². The van der Waals surface area contributed by atoms with Gasteiger partial charge in [0.25, 0.3) is 0 Å². The molecule has 0 radical (unpaired) electrons. The Morgan fingerprint density at radius 3 is 2.35 bits per heavy atom. The first-order valence-corrected chi connectivity index (χ1v) is 12.6. The first-order chi connectivity index (χ1) is 16.8. The van der Waals surface area contributed by atoms with Gasteiger partial charge in [-0.05, 0) is 59.7 Å². The summed E-state index contributed by atoms with van der Waals surface area (Å²) in [6.45, 7) is 0. The van der Waals surface area contributed by atoms with Crippen molar-refractivity contribution in [3.8, 4) is 0 Å². The van der Waals surface area contributed by atoms with E-state index in [1.54, 1.807) is 0 Å². The number of carbonyl (C=O) groups is 1. The predicted molar refractivity (Wildman–Crippen MR) is 143 cm³/mol. The number of aliphatic imine (C=N–C) groups is 1. The van der Waals surface area contributed by atoms with Gasteiger partial charge in [-0.1, -0.05) is 90.6 Å². The summed E-state index contributed by atoms with van der Waals surface area (Å²) < 4.78 is 0. The first kappa shape index (κ1) is 22.2. The molecule has 5 rings (SSSR count). The van der Waals surface area contributed by atoms with Crippen molar-refractivity contribution in [2.45, 2.75) is 25.3 Å². The average Bonchev–Trinajstić information content (AvgIpc) is 2.89. The minimum atomic E-state index is -0.0413. The second-order valence-corrected chi connectivity index (χ2v) is 9.37. The molecular formula is C29H27N3OS. The van der Waals surface area contributed by atoms with Crippen LogP contribution in [0.3, 0.4) is 0 Å². The third-order valence-corrected chi connectivity index (χ3v) is 6.88. The number of amides is 1. The number of para-hydroxylation sites is 1. The lowest BCUT2D eigenvalue weighted by atomic mass is 9.84.